The van der Waals surface area contributed by atoms with E-state index in [0.29, 0.717) is 28.0 Å². The van der Waals surface area contributed by atoms with E-state index in [9.17, 15) is 9.59 Å². The average Bonchev–Trinajstić information content (AvgIpc) is 2.80. The molecule has 172 valence electrons. The zero-order valence-electron chi connectivity index (χ0n) is 18.2. The van der Waals surface area contributed by atoms with E-state index in [4.69, 9.17) is 34.8 Å². The van der Waals surface area contributed by atoms with Gasteiger partial charge in [0.1, 0.15) is 6.04 Å². The Labute approximate surface area is 209 Å². The molecule has 4 nitrogen and oxygen atoms in total. The molecule has 0 aromatic heterocycles. The number of nitrogens with zero attached hydrogens (tertiary/aromatic N) is 1. The fourth-order valence-electron chi connectivity index (χ4n) is 3.56. The monoisotopic (exact) mass is 502 g/mol. The lowest BCUT2D eigenvalue weighted by atomic mass is 10.0. The van der Waals surface area contributed by atoms with E-state index in [-0.39, 0.29) is 24.8 Å². The first-order valence-electron chi connectivity index (χ1n) is 10.7. The molecule has 2 amide bonds. The molecule has 0 unspecified atom stereocenters. The van der Waals surface area contributed by atoms with Gasteiger partial charge < -0.3 is 10.2 Å². The molecular formula is C26H25Cl3N2O2. The predicted octanol–water partition coefficient (Wildman–Crippen LogP) is 5.97. The van der Waals surface area contributed by atoms with E-state index in [2.05, 4.69) is 5.32 Å². The molecule has 3 aromatic carbocycles. The Morgan fingerprint density at radius 1 is 0.848 bits per heavy atom. The number of likely N-dealkylation sites (N-methyl/N-ethyl adjacent to an activating group) is 1. The van der Waals surface area contributed by atoms with Crippen LogP contribution in [0.1, 0.15) is 23.6 Å². The number of rotatable bonds is 9. The van der Waals surface area contributed by atoms with Gasteiger partial charge in [0.05, 0.1) is 16.5 Å². The van der Waals surface area contributed by atoms with E-state index < -0.39 is 6.04 Å². The summed E-state index contributed by atoms with van der Waals surface area (Å²) in [6.45, 7) is 2.55. The first-order chi connectivity index (χ1) is 15.9. The largest absolute Gasteiger partial charge is 0.355 e. The smallest absolute Gasteiger partial charge is 0.243 e. The Hall–Kier alpha value is -2.53. The molecule has 7 heteroatoms. The second-order valence-corrected chi connectivity index (χ2v) is 8.92. The van der Waals surface area contributed by atoms with Crippen molar-refractivity contribution in [2.45, 2.75) is 32.4 Å². The summed E-state index contributed by atoms with van der Waals surface area (Å²) < 4.78 is 0. The molecule has 3 aromatic rings. The summed E-state index contributed by atoms with van der Waals surface area (Å²) in [7, 11) is 0. The highest BCUT2D eigenvalue weighted by molar-refractivity contribution is 6.42. The Morgan fingerprint density at radius 2 is 1.52 bits per heavy atom. The molecule has 3 rings (SSSR count). The summed E-state index contributed by atoms with van der Waals surface area (Å²) in [5.74, 6) is -0.374. The number of hydrogen-bond donors (Lipinski definition) is 1. The summed E-state index contributed by atoms with van der Waals surface area (Å²) >= 11 is 18.3. The summed E-state index contributed by atoms with van der Waals surface area (Å²) in [6, 6.07) is 21.3. The van der Waals surface area contributed by atoms with Crippen LogP contribution >= 0.6 is 34.8 Å². The molecular weight excluding hydrogens is 479 g/mol. The average molecular weight is 504 g/mol. The second-order valence-electron chi connectivity index (χ2n) is 7.67. The number of halogens is 3. The quantitative estimate of drug-likeness (QED) is 0.391. The van der Waals surface area contributed by atoms with Crippen molar-refractivity contribution in [3.8, 4) is 0 Å². The Bertz CT molecular complexity index is 1090. The Morgan fingerprint density at radius 3 is 2.15 bits per heavy atom. The van der Waals surface area contributed by atoms with Crippen LogP contribution in [-0.2, 0) is 29.0 Å². The Balaban J connectivity index is 1.96. The van der Waals surface area contributed by atoms with Crippen LogP contribution in [0, 0.1) is 0 Å². The van der Waals surface area contributed by atoms with Crippen LogP contribution in [0.15, 0.2) is 72.8 Å². The van der Waals surface area contributed by atoms with Crippen LogP contribution in [0.3, 0.4) is 0 Å². The first-order valence-corrected chi connectivity index (χ1v) is 11.8. The molecule has 0 aliphatic rings. The van der Waals surface area contributed by atoms with Crippen molar-refractivity contribution in [2.75, 3.05) is 6.54 Å². The summed E-state index contributed by atoms with van der Waals surface area (Å²) in [6.07, 6.45) is 0.531. The summed E-state index contributed by atoms with van der Waals surface area (Å²) in [4.78, 5) is 28.3. The van der Waals surface area contributed by atoms with Gasteiger partial charge in [-0.3, -0.25) is 9.59 Å². The summed E-state index contributed by atoms with van der Waals surface area (Å²) in [5, 5.41) is 4.32. The lowest BCUT2D eigenvalue weighted by Gasteiger charge is -2.31. The van der Waals surface area contributed by atoms with Gasteiger partial charge in [-0.1, -0.05) is 83.3 Å². The van der Waals surface area contributed by atoms with Gasteiger partial charge in [-0.05, 0) is 47.9 Å². The third-order valence-corrected chi connectivity index (χ3v) is 6.22. The fraction of sp³-hybridized carbons (Fsp3) is 0.231. The minimum absolute atomic E-state index is 0.142. The SMILES string of the molecule is CCNC(=O)[C@@H](Cc1ccccc1)N(Cc1ccc(Cl)c(Cl)c1)C(=O)Cc1ccc(Cl)cc1. The molecule has 0 bridgehead atoms. The third kappa shape index (κ3) is 7.23. The molecule has 0 spiro atoms. The molecule has 0 saturated heterocycles. The molecule has 0 fully saturated rings. The van der Waals surface area contributed by atoms with Crippen LogP contribution in [0.25, 0.3) is 0 Å². The van der Waals surface area contributed by atoms with Gasteiger partial charge >= 0.3 is 0 Å². The minimum atomic E-state index is -0.693. The maximum absolute atomic E-state index is 13.5. The number of amides is 2. The highest BCUT2D eigenvalue weighted by atomic mass is 35.5. The zero-order valence-corrected chi connectivity index (χ0v) is 20.5. The van der Waals surface area contributed by atoms with Gasteiger partial charge in [0.2, 0.25) is 11.8 Å². The van der Waals surface area contributed by atoms with Crippen molar-refractivity contribution in [1.82, 2.24) is 10.2 Å². The van der Waals surface area contributed by atoms with Crippen LogP contribution < -0.4 is 5.32 Å². The van der Waals surface area contributed by atoms with Crippen LogP contribution in [-0.4, -0.2) is 29.3 Å². The minimum Gasteiger partial charge on any atom is -0.355 e. The number of nitrogens with one attached hydrogen (secondary N) is 1. The maximum Gasteiger partial charge on any atom is 0.243 e. The number of benzene rings is 3. The molecule has 0 saturated carbocycles. The van der Waals surface area contributed by atoms with E-state index in [0.717, 1.165) is 16.7 Å². The normalized spacial score (nSPS) is 11.6. The zero-order chi connectivity index (χ0) is 23.8. The fourth-order valence-corrected chi connectivity index (χ4v) is 4.01. The van der Waals surface area contributed by atoms with Crippen molar-refractivity contribution >= 4 is 46.6 Å². The lowest BCUT2D eigenvalue weighted by Crippen LogP contribution is -2.50. The molecule has 33 heavy (non-hydrogen) atoms. The van der Waals surface area contributed by atoms with E-state index in [1.165, 1.54) is 0 Å². The highest BCUT2D eigenvalue weighted by Crippen LogP contribution is 2.24. The van der Waals surface area contributed by atoms with Gasteiger partial charge in [-0.25, -0.2) is 0 Å². The summed E-state index contributed by atoms with van der Waals surface area (Å²) in [5.41, 5.74) is 2.57. The van der Waals surface area contributed by atoms with Crippen LogP contribution in [0.4, 0.5) is 0 Å². The number of hydrogen-bond acceptors (Lipinski definition) is 2. The molecule has 0 aliphatic heterocycles. The van der Waals surface area contributed by atoms with Gasteiger partial charge in [0.25, 0.3) is 0 Å². The van der Waals surface area contributed by atoms with E-state index >= 15 is 0 Å². The van der Waals surface area contributed by atoms with Crippen molar-refractivity contribution in [3.63, 3.8) is 0 Å². The van der Waals surface area contributed by atoms with Gasteiger partial charge in [-0.2, -0.15) is 0 Å². The Kier molecular flexibility index (Phi) is 9.19. The van der Waals surface area contributed by atoms with Crippen molar-refractivity contribution in [3.05, 3.63) is 105 Å². The van der Waals surface area contributed by atoms with Gasteiger partial charge in [-0.15, -0.1) is 0 Å². The second kappa shape index (κ2) is 12.1. The third-order valence-electron chi connectivity index (χ3n) is 5.23. The topological polar surface area (TPSA) is 49.4 Å². The molecule has 0 heterocycles. The number of carbonyl (C=O) groups is 2. The lowest BCUT2D eigenvalue weighted by molar-refractivity contribution is -0.140. The molecule has 1 N–H and O–H groups in total. The van der Waals surface area contributed by atoms with Crippen molar-refractivity contribution < 1.29 is 9.59 Å². The highest BCUT2D eigenvalue weighted by Gasteiger charge is 2.30. The molecule has 1 atom stereocenters. The van der Waals surface area contributed by atoms with Crippen LogP contribution in [0.2, 0.25) is 15.1 Å². The van der Waals surface area contributed by atoms with Crippen LogP contribution in [0.5, 0.6) is 0 Å². The van der Waals surface area contributed by atoms with E-state index in [1.807, 2.05) is 55.5 Å². The van der Waals surface area contributed by atoms with Crippen molar-refractivity contribution in [1.29, 1.82) is 0 Å². The predicted molar refractivity (Wildman–Crippen MR) is 135 cm³/mol. The molecule has 0 radical (unpaired) electrons. The van der Waals surface area contributed by atoms with Gasteiger partial charge in [0, 0.05) is 24.5 Å². The molecule has 0 aliphatic carbocycles. The number of carbonyl (C=O) groups excluding carboxylic acids is 2. The maximum atomic E-state index is 13.5. The van der Waals surface area contributed by atoms with Crippen molar-refractivity contribution in [2.24, 2.45) is 0 Å². The van der Waals surface area contributed by atoms with E-state index in [1.54, 1.807) is 29.2 Å². The van der Waals surface area contributed by atoms with Gasteiger partial charge in [0.15, 0.2) is 0 Å². The standard InChI is InChI=1S/C26H25Cl3N2O2/c1-2-30-26(33)24(15-18-6-4-3-5-7-18)31(17-20-10-13-22(28)23(29)14-20)25(32)16-19-8-11-21(27)12-9-19/h3-14,24H,2,15-17H2,1H3,(H,30,33)/t24-/m1/s1. The first kappa shape index (κ1) is 25.1.